The first-order valence-corrected chi connectivity index (χ1v) is 14.2. The molecule has 3 amide bonds. The fraction of sp³-hybridized carbons (Fsp3) is 0.115. The number of hydrogen-bond donors (Lipinski definition) is 1. The lowest BCUT2D eigenvalue weighted by molar-refractivity contribution is -0.385. The zero-order chi connectivity index (χ0) is 29.9. The van der Waals surface area contributed by atoms with E-state index in [4.69, 9.17) is 20.5 Å². The quantitative estimate of drug-likeness (QED) is 0.149. The number of nitrogens with zero attached hydrogens (tertiary/aromatic N) is 2. The van der Waals surface area contributed by atoms with E-state index >= 15 is 0 Å². The van der Waals surface area contributed by atoms with Gasteiger partial charge in [-0.25, -0.2) is 0 Å². The van der Waals surface area contributed by atoms with Crippen molar-refractivity contribution >= 4 is 68.0 Å². The maximum absolute atomic E-state index is 12.9. The topological polar surface area (TPSA) is 162 Å². The molecule has 41 heavy (non-hydrogen) atoms. The van der Waals surface area contributed by atoms with Crippen molar-refractivity contribution in [1.82, 2.24) is 4.90 Å². The summed E-state index contributed by atoms with van der Waals surface area (Å²) in [6.07, 6.45) is 1.38. The van der Waals surface area contributed by atoms with E-state index in [-0.39, 0.29) is 27.7 Å². The van der Waals surface area contributed by atoms with Crippen LogP contribution in [0, 0.1) is 17.0 Å². The molecule has 15 heteroatoms. The van der Waals surface area contributed by atoms with Gasteiger partial charge in [0.2, 0.25) is 5.91 Å². The molecule has 0 aromatic heterocycles. The van der Waals surface area contributed by atoms with Crippen LogP contribution in [0.3, 0.4) is 0 Å². The highest BCUT2D eigenvalue weighted by atomic mass is 35.5. The van der Waals surface area contributed by atoms with Gasteiger partial charge in [-0.1, -0.05) is 23.7 Å². The number of nitro benzene ring substituents is 1. The van der Waals surface area contributed by atoms with Crippen molar-refractivity contribution in [3.05, 3.63) is 91.8 Å². The van der Waals surface area contributed by atoms with Crippen LogP contribution in [-0.4, -0.2) is 48.9 Å². The van der Waals surface area contributed by atoms with Gasteiger partial charge in [-0.3, -0.25) is 29.4 Å². The Hall–Kier alpha value is -4.40. The minimum Gasteiger partial charge on any atom is -0.493 e. The van der Waals surface area contributed by atoms with E-state index < -0.39 is 43.5 Å². The van der Waals surface area contributed by atoms with Gasteiger partial charge in [0.25, 0.3) is 16.8 Å². The number of methoxy groups -OCH3 is 1. The van der Waals surface area contributed by atoms with Gasteiger partial charge < -0.3 is 14.2 Å². The maximum Gasteiger partial charge on any atom is 0.339 e. The SMILES string of the molecule is COc1cc(/C=C2\SC(=O)N(CC(=O)Nc3ccc(Cl)cc3)C2=O)ccc1OS(=O)(=O)c1ccc(C)c([N+](=O)[O-])c1. The Balaban J connectivity index is 1.50. The van der Waals surface area contributed by atoms with Gasteiger partial charge in [0.1, 0.15) is 11.4 Å². The first-order chi connectivity index (χ1) is 19.4. The zero-order valence-corrected chi connectivity index (χ0v) is 23.7. The number of halogens is 1. The molecular formula is C26H20ClN3O9S2. The highest BCUT2D eigenvalue weighted by Gasteiger charge is 2.36. The van der Waals surface area contributed by atoms with Crippen LogP contribution in [0.5, 0.6) is 11.5 Å². The summed E-state index contributed by atoms with van der Waals surface area (Å²) in [6, 6.07) is 13.8. The summed E-state index contributed by atoms with van der Waals surface area (Å²) in [5.74, 6) is -1.50. The highest BCUT2D eigenvalue weighted by molar-refractivity contribution is 8.18. The molecule has 1 aliphatic rings. The van der Waals surface area contributed by atoms with E-state index in [0.29, 0.717) is 28.0 Å². The summed E-state index contributed by atoms with van der Waals surface area (Å²) in [5, 5.41) is 13.6. The van der Waals surface area contributed by atoms with E-state index in [1.54, 1.807) is 24.3 Å². The highest BCUT2D eigenvalue weighted by Crippen LogP contribution is 2.36. The molecule has 3 aromatic rings. The molecule has 1 aliphatic heterocycles. The number of carbonyl (C=O) groups excluding carboxylic acids is 3. The van der Waals surface area contributed by atoms with Crippen molar-refractivity contribution in [2.45, 2.75) is 11.8 Å². The van der Waals surface area contributed by atoms with Gasteiger partial charge >= 0.3 is 10.1 Å². The third-order valence-electron chi connectivity index (χ3n) is 5.65. The molecule has 1 N–H and O–H groups in total. The standard InChI is InChI=1S/C26H20ClN3O9S2/c1-15-3-9-19(13-20(15)30(34)35)41(36,37)39-21-10-4-16(11-22(21)38-2)12-23-25(32)29(26(33)40-23)14-24(31)28-18-7-5-17(27)6-8-18/h3-13H,14H2,1-2H3,(H,28,31)/b23-12-. The van der Waals surface area contributed by atoms with E-state index in [1.807, 2.05) is 0 Å². The molecule has 0 radical (unpaired) electrons. The summed E-state index contributed by atoms with van der Waals surface area (Å²) in [4.78, 5) is 48.6. The van der Waals surface area contributed by atoms with Gasteiger partial charge in [-0.2, -0.15) is 8.42 Å². The average molecular weight is 618 g/mol. The minimum atomic E-state index is -4.47. The molecule has 1 fully saturated rings. The molecular weight excluding hydrogens is 598 g/mol. The van der Waals surface area contributed by atoms with Crippen molar-refractivity contribution < 1.29 is 36.6 Å². The molecule has 3 aromatic carbocycles. The van der Waals surface area contributed by atoms with E-state index in [2.05, 4.69) is 5.32 Å². The number of nitro groups is 1. The van der Waals surface area contributed by atoms with Crippen LogP contribution in [0.15, 0.2) is 70.5 Å². The number of hydrogen-bond acceptors (Lipinski definition) is 10. The molecule has 1 heterocycles. The summed E-state index contributed by atoms with van der Waals surface area (Å²) in [5.41, 5.74) is 0.712. The smallest absolute Gasteiger partial charge is 0.339 e. The number of carbonyl (C=O) groups is 3. The number of aryl methyl sites for hydroxylation is 1. The van der Waals surface area contributed by atoms with Crippen LogP contribution in [0.25, 0.3) is 6.08 Å². The number of anilines is 1. The summed E-state index contributed by atoms with van der Waals surface area (Å²) < 4.78 is 36.0. The molecule has 4 rings (SSSR count). The number of ether oxygens (including phenoxy) is 1. The number of thioether (sulfide) groups is 1. The Kier molecular flexibility index (Phi) is 8.66. The molecule has 12 nitrogen and oxygen atoms in total. The van der Waals surface area contributed by atoms with Crippen LogP contribution in [0.4, 0.5) is 16.2 Å². The molecule has 212 valence electrons. The van der Waals surface area contributed by atoms with Crippen LogP contribution in [0.2, 0.25) is 5.02 Å². The number of rotatable bonds is 9. The van der Waals surface area contributed by atoms with Crippen LogP contribution >= 0.6 is 23.4 Å². The van der Waals surface area contributed by atoms with Crippen LogP contribution in [0.1, 0.15) is 11.1 Å². The largest absolute Gasteiger partial charge is 0.493 e. The lowest BCUT2D eigenvalue weighted by Gasteiger charge is -2.13. The number of benzene rings is 3. The molecule has 0 aliphatic carbocycles. The molecule has 0 atom stereocenters. The lowest BCUT2D eigenvalue weighted by Crippen LogP contribution is -2.36. The fourth-order valence-electron chi connectivity index (χ4n) is 3.62. The van der Waals surface area contributed by atoms with E-state index in [0.717, 1.165) is 11.0 Å². The van der Waals surface area contributed by atoms with E-state index in [1.165, 1.54) is 50.4 Å². The second-order valence-corrected chi connectivity index (χ2v) is 11.5. The minimum absolute atomic E-state index is 0.0227. The van der Waals surface area contributed by atoms with Gasteiger partial charge in [0, 0.05) is 22.3 Å². The monoisotopic (exact) mass is 617 g/mol. The Bertz CT molecular complexity index is 1710. The normalized spacial score (nSPS) is 14.3. The third-order valence-corrected chi connectivity index (χ3v) is 8.04. The number of amides is 3. The van der Waals surface area contributed by atoms with Crippen molar-refractivity contribution in [3.8, 4) is 11.5 Å². The number of nitrogens with one attached hydrogen (secondary N) is 1. The predicted molar refractivity (Wildman–Crippen MR) is 151 cm³/mol. The summed E-state index contributed by atoms with van der Waals surface area (Å²) in [7, 11) is -3.20. The van der Waals surface area contributed by atoms with Crippen molar-refractivity contribution in [1.29, 1.82) is 0 Å². The third kappa shape index (κ3) is 6.85. The maximum atomic E-state index is 12.9. The molecule has 0 bridgehead atoms. The first kappa shape index (κ1) is 29.6. The van der Waals surface area contributed by atoms with Crippen molar-refractivity contribution in [2.24, 2.45) is 0 Å². The van der Waals surface area contributed by atoms with Crippen LogP contribution < -0.4 is 14.2 Å². The van der Waals surface area contributed by atoms with Gasteiger partial charge in [-0.15, -0.1) is 0 Å². The molecule has 0 spiro atoms. The lowest BCUT2D eigenvalue weighted by atomic mass is 10.2. The van der Waals surface area contributed by atoms with Crippen LogP contribution in [-0.2, 0) is 19.7 Å². The van der Waals surface area contributed by atoms with Gasteiger partial charge in [-0.05, 0) is 72.8 Å². The Morgan fingerprint density at radius 2 is 1.80 bits per heavy atom. The summed E-state index contributed by atoms with van der Waals surface area (Å²) >= 11 is 6.46. The van der Waals surface area contributed by atoms with E-state index in [9.17, 15) is 32.9 Å². The van der Waals surface area contributed by atoms with Crippen molar-refractivity contribution in [3.63, 3.8) is 0 Å². The second-order valence-electron chi connectivity index (χ2n) is 8.48. The van der Waals surface area contributed by atoms with Gasteiger partial charge in [0.05, 0.1) is 16.9 Å². The Labute approximate surface area is 243 Å². The molecule has 1 saturated heterocycles. The number of imide groups is 1. The van der Waals surface area contributed by atoms with Crippen molar-refractivity contribution in [2.75, 3.05) is 19.0 Å². The predicted octanol–water partition coefficient (Wildman–Crippen LogP) is 5.01. The second kappa shape index (κ2) is 12.0. The Morgan fingerprint density at radius 1 is 1.10 bits per heavy atom. The Morgan fingerprint density at radius 3 is 2.46 bits per heavy atom. The summed E-state index contributed by atoms with van der Waals surface area (Å²) in [6.45, 7) is 0.970. The zero-order valence-electron chi connectivity index (χ0n) is 21.3. The average Bonchev–Trinajstić information content (AvgIpc) is 3.17. The molecule has 0 unspecified atom stereocenters. The fourth-order valence-corrected chi connectivity index (χ4v) is 5.54. The van der Waals surface area contributed by atoms with Gasteiger partial charge in [0.15, 0.2) is 11.5 Å². The first-order valence-electron chi connectivity index (χ1n) is 11.6. The molecule has 0 saturated carbocycles.